The molecule has 298 valence electrons. The lowest BCUT2D eigenvalue weighted by Crippen LogP contribution is -2.58. The Morgan fingerprint density at radius 1 is 0.667 bits per heavy atom. The summed E-state index contributed by atoms with van der Waals surface area (Å²) in [5.41, 5.74) is 4.19. The minimum Gasteiger partial charge on any atom is -0.484 e. The molecule has 13 heteroatoms. The smallest absolute Gasteiger partial charge is 0.326 e. The fraction of sp³-hybridized carbons (Fsp3) is 0.318. The average Bonchev–Trinajstić information content (AvgIpc) is 3.21. The number of hydrogen-bond acceptors (Lipinski definition) is 7. The van der Waals surface area contributed by atoms with Crippen molar-refractivity contribution in [3.63, 3.8) is 0 Å². The van der Waals surface area contributed by atoms with Gasteiger partial charge in [-0.1, -0.05) is 97.1 Å². The Kier molecular flexibility index (Phi) is 15.3. The van der Waals surface area contributed by atoms with Crippen LogP contribution in [-0.2, 0) is 48.0 Å². The lowest BCUT2D eigenvalue weighted by Gasteiger charge is -2.26. The molecule has 6 rings (SSSR count). The summed E-state index contributed by atoms with van der Waals surface area (Å²) < 4.78 is 5.68. The van der Waals surface area contributed by atoms with Crippen molar-refractivity contribution >= 4 is 35.5 Å². The van der Waals surface area contributed by atoms with Crippen molar-refractivity contribution in [3.8, 4) is 16.9 Å². The van der Waals surface area contributed by atoms with Gasteiger partial charge in [0.15, 0.2) is 6.61 Å². The van der Waals surface area contributed by atoms with E-state index in [0.717, 1.165) is 22.3 Å². The number of unbranched alkanes of at least 4 members (excludes halogenated alkanes) is 1. The van der Waals surface area contributed by atoms with Gasteiger partial charge in [0.05, 0.1) is 0 Å². The third-order valence-electron chi connectivity index (χ3n) is 9.62. The van der Waals surface area contributed by atoms with Gasteiger partial charge in [-0.2, -0.15) is 0 Å². The maximum absolute atomic E-state index is 14.3. The van der Waals surface area contributed by atoms with Gasteiger partial charge in [-0.15, -0.1) is 0 Å². The zero-order chi connectivity index (χ0) is 40.6. The molecule has 0 fully saturated rings. The van der Waals surface area contributed by atoms with E-state index in [1.807, 2.05) is 84.9 Å². The van der Waals surface area contributed by atoms with E-state index < -0.39 is 60.4 Å². The van der Waals surface area contributed by atoms with Gasteiger partial charge in [-0.3, -0.25) is 24.0 Å². The molecule has 2 aliphatic heterocycles. The first-order valence-electron chi connectivity index (χ1n) is 19.1. The Morgan fingerprint density at radius 2 is 1.26 bits per heavy atom. The third-order valence-corrected chi connectivity index (χ3v) is 9.62. The summed E-state index contributed by atoms with van der Waals surface area (Å²) in [6.07, 6.45) is 1.72. The van der Waals surface area contributed by atoms with Crippen molar-refractivity contribution in [2.45, 2.75) is 76.0 Å². The highest BCUT2D eigenvalue weighted by Crippen LogP contribution is 2.20. The summed E-state index contributed by atoms with van der Waals surface area (Å²) in [4.78, 5) is 79.3. The van der Waals surface area contributed by atoms with Gasteiger partial charge >= 0.3 is 5.97 Å². The molecule has 13 nitrogen and oxygen atoms in total. The second-order valence-corrected chi connectivity index (χ2v) is 14.0. The van der Waals surface area contributed by atoms with Crippen molar-refractivity contribution in [1.82, 2.24) is 26.6 Å². The normalized spacial score (nSPS) is 19.3. The van der Waals surface area contributed by atoms with Crippen molar-refractivity contribution in [3.05, 3.63) is 126 Å². The summed E-state index contributed by atoms with van der Waals surface area (Å²) in [6.45, 7) is 1.38. The number of hydrogen-bond donors (Lipinski definition) is 6. The molecule has 4 aromatic rings. The number of amides is 5. The maximum atomic E-state index is 14.3. The number of carbonyl (C=O) groups is 6. The summed E-state index contributed by atoms with van der Waals surface area (Å²) >= 11 is 0. The lowest BCUT2D eigenvalue weighted by atomic mass is 9.99. The van der Waals surface area contributed by atoms with Crippen LogP contribution >= 0.6 is 0 Å². The molecule has 6 N–H and O–H groups in total. The van der Waals surface area contributed by atoms with E-state index in [1.54, 1.807) is 24.3 Å². The number of carboxylic acids is 1. The van der Waals surface area contributed by atoms with E-state index in [1.165, 1.54) is 6.92 Å². The molecule has 4 atom stereocenters. The summed E-state index contributed by atoms with van der Waals surface area (Å²) in [5, 5.41) is 23.9. The molecule has 2 aliphatic rings. The van der Waals surface area contributed by atoms with Crippen LogP contribution in [0.3, 0.4) is 0 Å². The molecule has 2 heterocycles. The van der Waals surface area contributed by atoms with Crippen molar-refractivity contribution in [2.24, 2.45) is 0 Å². The van der Waals surface area contributed by atoms with E-state index in [4.69, 9.17) is 4.74 Å². The van der Waals surface area contributed by atoms with Crippen LogP contribution in [0.5, 0.6) is 5.75 Å². The Morgan fingerprint density at radius 3 is 1.93 bits per heavy atom. The fourth-order valence-electron chi connectivity index (χ4n) is 6.50. The molecular formula is C44H49N5O8. The predicted octanol–water partition coefficient (Wildman–Crippen LogP) is 3.49. The third kappa shape index (κ3) is 13.3. The molecule has 0 aliphatic carbocycles. The van der Waals surface area contributed by atoms with Gasteiger partial charge in [0.25, 0.3) is 5.91 Å². The second kappa shape index (κ2) is 21.0. The zero-order valence-electron chi connectivity index (χ0n) is 31.9. The van der Waals surface area contributed by atoms with Gasteiger partial charge in [-0.25, -0.2) is 4.79 Å². The standard InChI is InChI=1S/C44H49N5O8/c1-29(50)45-25-9-8-14-36-41(52)48-38(26-31-15-20-34(21-16-31)33-12-6-3-7-13-33)43(54)47-37(24-19-30-10-4-2-5-11-30)42(53)49-39(44(55)56)27-32-17-22-35(23-18-32)57-28-40(51)46-36/h2-7,10-13,15-18,20-23,36-39H,8-9,14,19,24-28H2,1H3,(H,45,50)(H,46,51)(H,47,54)(H,48,52)(H,49,53)(H,55,56)/t36-,37-,38+,39-/m0/s1. The number of nitrogens with one attached hydrogen (secondary N) is 5. The van der Waals surface area contributed by atoms with Crippen LogP contribution in [0.25, 0.3) is 11.1 Å². The first-order valence-corrected chi connectivity index (χ1v) is 19.1. The highest BCUT2D eigenvalue weighted by atomic mass is 16.5. The minimum absolute atomic E-state index is 0.0394. The van der Waals surface area contributed by atoms with Crippen LogP contribution in [0, 0.1) is 0 Å². The van der Waals surface area contributed by atoms with Crippen LogP contribution in [-0.4, -0.2) is 77.9 Å². The Bertz CT molecular complexity index is 1970. The summed E-state index contributed by atoms with van der Waals surface area (Å²) in [5.74, 6) is -3.65. The van der Waals surface area contributed by atoms with Gasteiger partial charge in [-0.05, 0) is 72.1 Å². The van der Waals surface area contributed by atoms with Crippen LogP contribution in [0.1, 0.15) is 49.3 Å². The number of aryl methyl sites for hydroxylation is 1. The first-order chi connectivity index (χ1) is 27.5. The molecule has 2 bridgehead atoms. The summed E-state index contributed by atoms with van der Waals surface area (Å²) in [6, 6.07) is 28.4. The monoisotopic (exact) mass is 775 g/mol. The lowest BCUT2D eigenvalue weighted by molar-refractivity contribution is -0.142. The molecule has 0 radical (unpaired) electrons. The molecule has 0 saturated heterocycles. The predicted molar refractivity (Wildman–Crippen MR) is 214 cm³/mol. The molecule has 57 heavy (non-hydrogen) atoms. The SMILES string of the molecule is CC(=O)NCCCC[C@@H]1NC(=O)COc2ccc(cc2)C[C@@H](C(=O)O)NC(=O)[C@H](CCc2ccccc2)NC(=O)[C@@H](Cc2ccc(-c3ccccc3)cc2)NC1=O. The number of aliphatic carboxylic acids is 1. The number of fused-ring (bicyclic) bond motifs is 16. The van der Waals surface area contributed by atoms with Crippen LogP contribution in [0.2, 0.25) is 0 Å². The largest absolute Gasteiger partial charge is 0.484 e. The topological polar surface area (TPSA) is 192 Å². The number of carbonyl (C=O) groups excluding carboxylic acids is 5. The highest BCUT2D eigenvalue weighted by molar-refractivity contribution is 5.95. The molecule has 0 saturated carbocycles. The average molecular weight is 776 g/mol. The van der Waals surface area contributed by atoms with Crippen molar-refractivity contribution in [2.75, 3.05) is 13.2 Å². The van der Waals surface area contributed by atoms with Gasteiger partial charge < -0.3 is 36.4 Å². The zero-order valence-corrected chi connectivity index (χ0v) is 31.9. The van der Waals surface area contributed by atoms with E-state index >= 15 is 0 Å². The van der Waals surface area contributed by atoms with E-state index in [0.29, 0.717) is 37.1 Å². The number of carboxylic acid groups (broad SMARTS) is 1. The second-order valence-electron chi connectivity index (χ2n) is 14.0. The van der Waals surface area contributed by atoms with Crippen LogP contribution in [0.4, 0.5) is 0 Å². The molecule has 0 spiro atoms. The van der Waals surface area contributed by atoms with Gasteiger partial charge in [0, 0.05) is 26.3 Å². The van der Waals surface area contributed by atoms with Gasteiger partial charge in [0.1, 0.15) is 29.9 Å². The number of rotatable bonds is 12. The van der Waals surface area contributed by atoms with Gasteiger partial charge in [0.2, 0.25) is 23.6 Å². The fourth-order valence-corrected chi connectivity index (χ4v) is 6.50. The highest BCUT2D eigenvalue weighted by Gasteiger charge is 2.32. The van der Waals surface area contributed by atoms with Crippen LogP contribution in [0.15, 0.2) is 109 Å². The molecular weight excluding hydrogens is 727 g/mol. The van der Waals surface area contributed by atoms with E-state index in [9.17, 15) is 33.9 Å². The Hall–Kier alpha value is -6.50. The quantitative estimate of drug-likeness (QED) is 0.0931. The molecule has 5 amide bonds. The molecule has 4 aromatic carbocycles. The van der Waals surface area contributed by atoms with Crippen LogP contribution < -0.4 is 31.3 Å². The summed E-state index contributed by atoms with van der Waals surface area (Å²) in [7, 11) is 0. The van der Waals surface area contributed by atoms with Crippen molar-refractivity contribution in [1.29, 1.82) is 0 Å². The van der Waals surface area contributed by atoms with Crippen molar-refractivity contribution < 1.29 is 38.6 Å². The number of ether oxygens (including phenoxy) is 1. The molecule has 0 aromatic heterocycles. The number of benzene rings is 4. The Balaban J connectivity index is 1.46. The first kappa shape index (κ1) is 41.7. The minimum atomic E-state index is -1.32. The maximum Gasteiger partial charge on any atom is 0.326 e. The van der Waals surface area contributed by atoms with E-state index in [-0.39, 0.29) is 31.6 Å². The molecule has 0 unspecified atom stereocenters. The Labute approximate surface area is 332 Å². The van der Waals surface area contributed by atoms with E-state index in [2.05, 4.69) is 26.6 Å².